The number of fused-ring (bicyclic) bond motifs is 1. The Bertz CT molecular complexity index is 1330. The topological polar surface area (TPSA) is 89.8 Å². The number of pyridine rings is 2. The summed E-state index contributed by atoms with van der Waals surface area (Å²) < 4.78 is 5.49. The van der Waals surface area contributed by atoms with Crippen molar-refractivity contribution in [2.75, 3.05) is 25.1 Å². The molecule has 5 heterocycles. The first-order valence-corrected chi connectivity index (χ1v) is 10.2. The number of hydrogen-bond donors (Lipinski definition) is 0. The second kappa shape index (κ2) is 8.14. The molecule has 0 N–H and O–H groups in total. The minimum Gasteiger partial charge on any atom is -0.481 e. The molecule has 1 aliphatic heterocycles. The number of anilines is 1. The van der Waals surface area contributed by atoms with E-state index in [2.05, 4.69) is 38.0 Å². The summed E-state index contributed by atoms with van der Waals surface area (Å²) in [5, 5.41) is 0. The third kappa shape index (κ3) is 3.35. The number of ether oxygens (including phenoxy) is 1. The maximum absolute atomic E-state index is 5.49. The summed E-state index contributed by atoms with van der Waals surface area (Å²) in [7, 11) is 1.61. The quantitative estimate of drug-likeness (QED) is 0.463. The number of rotatable bonds is 6. The van der Waals surface area contributed by atoms with Gasteiger partial charge >= 0.3 is 0 Å². The average Bonchev–Trinajstić information content (AvgIpc) is 2.82. The van der Waals surface area contributed by atoms with Crippen molar-refractivity contribution in [3.63, 3.8) is 0 Å². The lowest BCUT2D eigenvalue weighted by molar-refractivity contribution is 0.399. The Hall–Kier alpha value is -4.20. The Morgan fingerprint density at radius 3 is 2.59 bits per heavy atom. The van der Waals surface area contributed by atoms with Crippen LogP contribution in [-0.2, 0) is 0 Å². The fourth-order valence-electron chi connectivity index (χ4n) is 3.81. The summed E-state index contributed by atoms with van der Waals surface area (Å²) in [6.07, 6.45) is 8.64. The first-order chi connectivity index (χ1) is 15.7. The Labute approximate surface area is 185 Å². The molecule has 0 atom stereocenters. The van der Waals surface area contributed by atoms with Crippen LogP contribution < -0.4 is 9.64 Å². The van der Waals surface area contributed by atoms with Gasteiger partial charge in [-0.1, -0.05) is 19.2 Å². The summed E-state index contributed by atoms with van der Waals surface area (Å²) in [4.78, 5) is 29.7. The second-order valence-corrected chi connectivity index (χ2v) is 7.38. The largest absolute Gasteiger partial charge is 0.481 e. The predicted octanol–water partition coefficient (Wildman–Crippen LogP) is 3.78. The van der Waals surface area contributed by atoms with Crippen molar-refractivity contribution in [2.24, 2.45) is 0 Å². The van der Waals surface area contributed by atoms with Crippen molar-refractivity contribution in [3.05, 3.63) is 73.0 Å². The molecular weight excluding hydrogens is 402 g/mol. The number of hydrogen-bond acceptors (Lipinski definition) is 8. The molecule has 1 saturated heterocycles. The molecule has 158 valence electrons. The normalized spacial score (nSPS) is 13.6. The van der Waals surface area contributed by atoms with E-state index in [1.54, 1.807) is 37.9 Å². The second-order valence-electron chi connectivity index (χ2n) is 7.38. The van der Waals surface area contributed by atoms with E-state index in [1.807, 2.05) is 24.3 Å². The molecule has 0 spiro atoms. The zero-order valence-corrected chi connectivity index (χ0v) is 17.6. The zero-order valence-electron chi connectivity index (χ0n) is 17.6. The van der Waals surface area contributed by atoms with E-state index in [-0.39, 0.29) is 5.92 Å². The maximum atomic E-state index is 5.49. The number of aromatic nitrogens is 6. The van der Waals surface area contributed by atoms with Gasteiger partial charge < -0.3 is 9.64 Å². The van der Waals surface area contributed by atoms with E-state index in [0.717, 1.165) is 33.7 Å². The molecular formula is C24H21N7O. The highest BCUT2D eigenvalue weighted by molar-refractivity contribution is 5.77. The van der Waals surface area contributed by atoms with Gasteiger partial charge in [-0.05, 0) is 30.3 Å². The average molecular weight is 423 g/mol. The lowest BCUT2D eigenvalue weighted by atomic mass is 9.92. The summed E-state index contributed by atoms with van der Waals surface area (Å²) in [6.45, 7) is 9.07. The van der Waals surface area contributed by atoms with Crippen LogP contribution in [0.3, 0.4) is 0 Å². The maximum Gasteiger partial charge on any atom is 0.225 e. The van der Waals surface area contributed by atoms with Gasteiger partial charge in [-0.25, -0.2) is 29.9 Å². The van der Waals surface area contributed by atoms with Crippen molar-refractivity contribution in [3.8, 4) is 17.1 Å². The van der Waals surface area contributed by atoms with Crippen LogP contribution >= 0.6 is 0 Å². The molecule has 0 bridgehead atoms. The van der Waals surface area contributed by atoms with Crippen LogP contribution in [0.2, 0.25) is 0 Å². The molecule has 0 aliphatic carbocycles. The minimum atomic E-state index is 0.142. The standard InChI is InChI=1S/C24H21N7O/c1-4-15-12-27-24(29-18(15)5-2)31-13-16(14-31)20-21(17-8-6-11-26-23(17)32-3)28-19-9-7-10-25-22(19)30-20/h4-12,16H,1-2,13-14H2,3H3. The van der Waals surface area contributed by atoms with Crippen molar-refractivity contribution >= 4 is 29.3 Å². The number of methoxy groups -OCH3 is 1. The molecule has 4 aromatic rings. The van der Waals surface area contributed by atoms with Gasteiger partial charge in [-0.15, -0.1) is 0 Å². The lowest BCUT2D eigenvalue weighted by Crippen LogP contribution is -2.46. The van der Waals surface area contributed by atoms with Gasteiger partial charge in [0.2, 0.25) is 11.8 Å². The van der Waals surface area contributed by atoms with Gasteiger partial charge in [0.15, 0.2) is 5.65 Å². The van der Waals surface area contributed by atoms with Crippen LogP contribution in [0.25, 0.3) is 34.6 Å². The van der Waals surface area contributed by atoms with Gasteiger partial charge in [0.1, 0.15) is 5.52 Å². The molecule has 1 fully saturated rings. The van der Waals surface area contributed by atoms with E-state index < -0.39 is 0 Å². The molecule has 0 radical (unpaired) electrons. The minimum absolute atomic E-state index is 0.142. The molecule has 5 rings (SSSR count). The molecule has 8 heteroatoms. The highest BCUT2D eigenvalue weighted by Gasteiger charge is 2.34. The molecule has 32 heavy (non-hydrogen) atoms. The molecule has 8 nitrogen and oxygen atoms in total. The molecule has 0 unspecified atom stereocenters. The first kappa shape index (κ1) is 19.7. The van der Waals surface area contributed by atoms with E-state index in [0.29, 0.717) is 30.6 Å². The van der Waals surface area contributed by atoms with E-state index in [1.165, 1.54) is 0 Å². The Kier molecular flexibility index (Phi) is 5.03. The molecule has 0 aromatic carbocycles. The highest BCUT2D eigenvalue weighted by Crippen LogP contribution is 2.37. The molecule has 4 aromatic heterocycles. The van der Waals surface area contributed by atoms with Gasteiger partial charge in [0.05, 0.1) is 29.8 Å². The smallest absolute Gasteiger partial charge is 0.225 e. The van der Waals surface area contributed by atoms with E-state index in [4.69, 9.17) is 14.7 Å². The summed E-state index contributed by atoms with van der Waals surface area (Å²) in [5.74, 6) is 1.32. The molecule has 0 amide bonds. The summed E-state index contributed by atoms with van der Waals surface area (Å²) in [5.41, 5.74) is 5.41. The van der Waals surface area contributed by atoms with Crippen LogP contribution in [0.5, 0.6) is 5.88 Å². The van der Waals surface area contributed by atoms with Crippen LogP contribution in [-0.4, -0.2) is 50.1 Å². The van der Waals surface area contributed by atoms with Gasteiger partial charge in [0, 0.05) is 43.2 Å². The van der Waals surface area contributed by atoms with Crippen LogP contribution in [0, 0.1) is 0 Å². The highest BCUT2D eigenvalue weighted by atomic mass is 16.5. The predicted molar refractivity (Wildman–Crippen MR) is 124 cm³/mol. The van der Waals surface area contributed by atoms with E-state index >= 15 is 0 Å². The fourth-order valence-corrected chi connectivity index (χ4v) is 3.81. The van der Waals surface area contributed by atoms with E-state index in [9.17, 15) is 0 Å². The Balaban J connectivity index is 1.52. The lowest BCUT2D eigenvalue weighted by Gasteiger charge is -2.39. The fraction of sp³-hybridized carbons (Fsp3) is 0.167. The third-order valence-corrected chi connectivity index (χ3v) is 5.49. The van der Waals surface area contributed by atoms with Crippen LogP contribution in [0.1, 0.15) is 22.9 Å². The van der Waals surface area contributed by atoms with Gasteiger partial charge in [0.25, 0.3) is 0 Å². The van der Waals surface area contributed by atoms with Crippen molar-refractivity contribution in [2.45, 2.75) is 5.92 Å². The monoisotopic (exact) mass is 423 g/mol. The third-order valence-electron chi connectivity index (χ3n) is 5.49. The van der Waals surface area contributed by atoms with Crippen molar-refractivity contribution in [1.29, 1.82) is 0 Å². The SMILES string of the molecule is C=Cc1cnc(N2CC(c3nc4ncccc4nc3-c3cccnc3OC)C2)nc1C=C. The summed E-state index contributed by atoms with van der Waals surface area (Å²) >= 11 is 0. The van der Waals surface area contributed by atoms with Gasteiger partial charge in [-0.2, -0.15) is 0 Å². The first-order valence-electron chi connectivity index (χ1n) is 10.2. The van der Waals surface area contributed by atoms with Gasteiger partial charge in [-0.3, -0.25) is 0 Å². The van der Waals surface area contributed by atoms with Crippen molar-refractivity contribution < 1.29 is 4.74 Å². The zero-order chi connectivity index (χ0) is 22.1. The molecule has 1 aliphatic rings. The molecule has 0 saturated carbocycles. The Morgan fingerprint density at radius 2 is 1.81 bits per heavy atom. The van der Waals surface area contributed by atoms with Crippen molar-refractivity contribution in [1.82, 2.24) is 29.9 Å². The number of nitrogens with zero attached hydrogens (tertiary/aromatic N) is 7. The summed E-state index contributed by atoms with van der Waals surface area (Å²) in [6, 6.07) is 7.58. The van der Waals surface area contributed by atoms with Crippen LogP contribution in [0.4, 0.5) is 5.95 Å². The Morgan fingerprint density at radius 1 is 1.00 bits per heavy atom. The van der Waals surface area contributed by atoms with Crippen LogP contribution in [0.15, 0.2) is 56.0 Å².